The second-order valence-corrected chi connectivity index (χ2v) is 5.96. The second-order valence-electron chi connectivity index (χ2n) is 5.96. The zero-order chi connectivity index (χ0) is 17.5. The van der Waals surface area contributed by atoms with Crippen LogP contribution in [0.25, 0.3) is 0 Å². The van der Waals surface area contributed by atoms with Crippen molar-refractivity contribution in [1.29, 1.82) is 0 Å². The van der Waals surface area contributed by atoms with Gasteiger partial charge in [-0.3, -0.25) is 9.59 Å². The number of amides is 2. The van der Waals surface area contributed by atoms with E-state index in [0.29, 0.717) is 6.54 Å². The maximum Gasteiger partial charge on any atom is 0.242 e. The van der Waals surface area contributed by atoms with Crippen LogP contribution in [0, 0.1) is 6.92 Å². The minimum absolute atomic E-state index is 0.0550. The van der Waals surface area contributed by atoms with Crippen LogP contribution < -0.4 is 5.32 Å². The Morgan fingerprint density at radius 3 is 2.33 bits per heavy atom. The second kappa shape index (κ2) is 8.29. The van der Waals surface area contributed by atoms with Gasteiger partial charge in [0.15, 0.2) is 0 Å². The summed E-state index contributed by atoms with van der Waals surface area (Å²) in [5.74, 6) is -0.218. The molecule has 2 rings (SSSR count). The van der Waals surface area contributed by atoms with Crippen molar-refractivity contribution in [3.8, 4) is 0 Å². The standard InChI is InChI=1S/C20H24N2O2/c1-15-8-7-11-18(12-15)13-19(23)22(16(2)20(24)21-3)14-17-9-5-4-6-10-17/h4-12,16H,13-14H2,1-3H3,(H,21,24)/t16-/m0/s1. The number of carbonyl (C=O) groups excluding carboxylic acids is 2. The third-order valence-electron chi connectivity index (χ3n) is 4.05. The number of rotatable bonds is 6. The number of carbonyl (C=O) groups is 2. The number of aryl methyl sites for hydroxylation is 1. The maximum absolute atomic E-state index is 12.8. The normalized spacial score (nSPS) is 11.6. The summed E-state index contributed by atoms with van der Waals surface area (Å²) in [5, 5.41) is 2.63. The fourth-order valence-electron chi connectivity index (χ4n) is 2.67. The van der Waals surface area contributed by atoms with Crippen LogP contribution in [-0.4, -0.2) is 29.8 Å². The van der Waals surface area contributed by atoms with Crippen LogP contribution in [0.5, 0.6) is 0 Å². The molecule has 2 aromatic rings. The van der Waals surface area contributed by atoms with Crippen molar-refractivity contribution in [3.63, 3.8) is 0 Å². The summed E-state index contributed by atoms with van der Waals surface area (Å²) >= 11 is 0. The highest BCUT2D eigenvalue weighted by molar-refractivity contribution is 5.88. The molecule has 2 amide bonds. The number of hydrogen-bond donors (Lipinski definition) is 1. The highest BCUT2D eigenvalue weighted by Gasteiger charge is 2.25. The highest BCUT2D eigenvalue weighted by Crippen LogP contribution is 2.13. The molecule has 0 heterocycles. The fraction of sp³-hybridized carbons (Fsp3) is 0.300. The molecule has 0 aliphatic carbocycles. The lowest BCUT2D eigenvalue weighted by atomic mass is 10.1. The van der Waals surface area contributed by atoms with E-state index in [9.17, 15) is 9.59 Å². The molecule has 1 N–H and O–H groups in total. The third kappa shape index (κ3) is 4.69. The molecule has 0 radical (unpaired) electrons. The van der Waals surface area contributed by atoms with Crippen molar-refractivity contribution in [1.82, 2.24) is 10.2 Å². The van der Waals surface area contributed by atoms with Gasteiger partial charge < -0.3 is 10.2 Å². The molecule has 0 aliphatic heterocycles. The van der Waals surface area contributed by atoms with Gasteiger partial charge in [0, 0.05) is 13.6 Å². The first-order chi connectivity index (χ1) is 11.5. The quantitative estimate of drug-likeness (QED) is 0.888. The molecule has 0 saturated heterocycles. The molecule has 4 nitrogen and oxygen atoms in total. The summed E-state index contributed by atoms with van der Waals surface area (Å²) in [7, 11) is 1.59. The molecular weight excluding hydrogens is 300 g/mol. The monoisotopic (exact) mass is 324 g/mol. The molecule has 0 fully saturated rings. The van der Waals surface area contributed by atoms with Gasteiger partial charge in [0.05, 0.1) is 6.42 Å². The highest BCUT2D eigenvalue weighted by atomic mass is 16.2. The van der Waals surface area contributed by atoms with Gasteiger partial charge in [-0.05, 0) is 25.0 Å². The first-order valence-electron chi connectivity index (χ1n) is 8.12. The number of likely N-dealkylation sites (N-methyl/N-ethyl adjacent to an activating group) is 1. The first kappa shape index (κ1) is 17.7. The number of nitrogens with one attached hydrogen (secondary N) is 1. The smallest absolute Gasteiger partial charge is 0.242 e. The first-order valence-corrected chi connectivity index (χ1v) is 8.12. The minimum Gasteiger partial charge on any atom is -0.357 e. The van der Waals surface area contributed by atoms with E-state index in [1.165, 1.54) is 0 Å². The molecule has 0 bridgehead atoms. The van der Waals surface area contributed by atoms with Crippen molar-refractivity contribution in [2.24, 2.45) is 0 Å². The lowest BCUT2D eigenvalue weighted by molar-refractivity contribution is -0.139. The minimum atomic E-state index is -0.521. The van der Waals surface area contributed by atoms with E-state index in [1.54, 1.807) is 18.9 Å². The van der Waals surface area contributed by atoms with E-state index in [1.807, 2.05) is 61.5 Å². The zero-order valence-corrected chi connectivity index (χ0v) is 14.5. The molecular formula is C20H24N2O2. The van der Waals surface area contributed by atoms with Gasteiger partial charge in [0.2, 0.25) is 11.8 Å². The van der Waals surface area contributed by atoms with Crippen LogP contribution >= 0.6 is 0 Å². The molecule has 0 unspecified atom stereocenters. The Morgan fingerprint density at radius 1 is 1.04 bits per heavy atom. The Labute approximate surface area is 143 Å². The summed E-state index contributed by atoms with van der Waals surface area (Å²) in [6.45, 7) is 4.18. The van der Waals surface area contributed by atoms with Crippen molar-refractivity contribution in [2.75, 3.05) is 7.05 Å². The van der Waals surface area contributed by atoms with E-state index < -0.39 is 6.04 Å². The molecule has 0 saturated carbocycles. The van der Waals surface area contributed by atoms with E-state index in [0.717, 1.165) is 16.7 Å². The summed E-state index contributed by atoms with van der Waals surface area (Å²) in [4.78, 5) is 26.5. The Bertz CT molecular complexity index is 698. The number of nitrogens with zero attached hydrogens (tertiary/aromatic N) is 1. The predicted molar refractivity (Wildman–Crippen MR) is 95.4 cm³/mol. The third-order valence-corrected chi connectivity index (χ3v) is 4.05. The number of hydrogen-bond acceptors (Lipinski definition) is 2. The topological polar surface area (TPSA) is 49.4 Å². The molecule has 2 aromatic carbocycles. The van der Waals surface area contributed by atoms with Gasteiger partial charge >= 0.3 is 0 Å². The molecule has 4 heteroatoms. The maximum atomic E-state index is 12.8. The lowest BCUT2D eigenvalue weighted by Gasteiger charge is -2.28. The Morgan fingerprint density at radius 2 is 1.71 bits per heavy atom. The van der Waals surface area contributed by atoms with E-state index in [2.05, 4.69) is 5.32 Å². The Kier molecular flexibility index (Phi) is 6.13. The fourth-order valence-corrected chi connectivity index (χ4v) is 2.67. The molecule has 1 atom stereocenters. The van der Waals surface area contributed by atoms with Gasteiger partial charge in [0.25, 0.3) is 0 Å². The number of benzene rings is 2. The predicted octanol–water partition coefficient (Wildman–Crippen LogP) is 2.70. The van der Waals surface area contributed by atoms with Gasteiger partial charge in [-0.15, -0.1) is 0 Å². The molecule has 126 valence electrons. The van der Waals surface area contributed by atoms with Crippen LogP contribution in [0.15, 0.2) is 54.6 Å². The van der Waals surface area contributed by atoms with Crippen LogP contribution in [0.1, 0.15) is 23.6 Å². The van der Waals surface area contributed by atoms with Crippen LogP contribution in [-0.2, 0) is 22.6 Å². The van der Waals surface area contributed by atoms with Crippen molar-refractivity contribution >= 4 is 11.8 Å². The van der Waals surface area contributed by atoms with Gasteiger partial charge in [-0.25, -0.2) is 0 Å². The lowest BCUT2D eigenvalue weighted by Crippen LogP contribution is -2.47. The van der Waals surface area contributed by atoms with Crippen LogP contribution in [0.3, 0.4) is 0 Å². The van der Waals surface area contributed by atoms with E-state index >= 15 is 0 Å². The van der Waals surface area contributed by atoms with Crippen molar-refractivity contribution < 1.29 is 9.59 Å². The van der Waals surface area contributed by atoms with Gasteiger partial charge in [-0.1, -0.05) is 60.2 Å². The molecule has 0 aromatic heterocycles. The van der Waals surface area contributed by atoms with E-state index in [-0.39, 0.29) is 18.2 Å². The van der Waals surface area contributed by atoms with Crippen LogP contribution in [0.2, 0.25) is 0 Å². The van der Waals surface area contributed by atoms with Gasteiger partial charge in [0.1, 0.15) is 6.04 Å². The summed E-state index contributed by atoms with van der Waals surface area (Å²) in [5.41, 5.74) is 3.09. The van der Waals surface area contributed by atoms with Crippen molar-refractivity contribution in [3.05, 3.63) is 71.3 Å². The molecule has 24 heavy (non-hydrogen) atoms. The average Bonchev–Trinajstić information content (AvgIpc) is 2.59. The van der Waals surface area contributed by atoms with Crippen LogP contribution in [0.4, 0.5) is 0 Å². The van der Waals surface area contributed by atoms with Crippen molar-refractivity contribution in [2.45, 2.75) is 32.9 Å². The zero-order valence-electron chi connectivity index (χ0n) is 14.5. The summed E-state index contributed by atoms with van der Waals surface area (Å²) < 4.78 is 0. The molecule has 0 aliphatic rings. The Hall–Kier alpha value is -2.62. The molecule has 0 spiro atoms. The largest absolute Gasteiger partial charge is 0.357 e. The Balaban J connectivity index is 2.20. The summed E-state index contributed by atoms with van der Waals surface area (Å²) in [6, 6.07) is 17.1. The van der Waals surface area contributed by atoms with E-state index in [4.69, 9.17) is 0 Å². The average molecular weight is 324 g/mol. The van der Waals surface area contributed by atoms with Gasteiger partial charge in [-0.2, -0.15) is 0 Å². The SMILES string of the molecule is CNC(=O)[C@H](C)N(Cc1ccccc1)C(=O)Cc1cccc(C)c1. The summed E-state index contributed by atoms with van der Waals surface area (Å²) in [6.07, 6.45) is 0.288.